The van der Waals surface area contributed by atoms with Gasteiger partial charge in [0.1, 0.15) is 5.57 Å². The highest BCUT2D eigenvalue weighted by atomic mass is 32.1. The molecule has 1 saturated heterocycles. The first-order chi connectivity index (χ1) is 16.6. The van der Waals surface area contributed by atoms with E-state index in [-0.39, 0.29) is 16.6 Å². The zero-order valence-electron chi connectivity index (χ0n) is 18.6. The second kappa shape index (κ2) is 9.68. The highest BCUT2D eigenvalue weighted by molar-refractivity contribution is 7.80. The van der Waals surface area contributed by atoms with Crippen molar-refractivity contribution >= 4 is 35.2 Å². The van der Waals surface area contributed by atoms with Gasteiger partial charge in [0.05, 0.1) is 0 Å². The number of thiocarbonyl (C=S) groups is 1. The van der Waals surface area contributed by atoms with Gasteiger partial charge in [0.25, 0.3) is 11.8 Å². The molecule has 1 aliphatic heterocycles. The Morgan fingerprint density at radius 2 is 1.79 bits per heavy atom. The van der Waals surface area contributed by atoms with Gasteiger partial charge in [-0.25, -0.2) is 5.10 Å². The van der Waals surface area contributed by atoms with Crippen molar-refractivity contribution in [2.45, 2.75) is 38.5 Å². The molecular formula is C24H25N7O2S. The lowest BCUT2D eigenvalue weighted by atomic mass is 9.87. The smallest absolute Gasteiger partial charge is 0.265 e. The van der Waals surface area contributed by atoms with Crippen LogP contribution in [0.5, 0.6) is 0 Å². The van der Waals surface area contributed by atoms with Crippen LogP contribution < -0.4 is 5.32 Å². The van der Waals surface area contributed by atoms with Crippen LogP contribution in [-0.2, 0) is 9.59 Å². The Balaban J connectivity index is 1.30. The van der Waals surface area contributed by atoms with E-state index in [0.29, 0.717) is 24.0 Å². The molecule has 0 unspecified atom stereocenters. The number of H-pyrrole nitrogens is 2. The first-order valence-corrected chi connectivity index (χ1v) is 11.9. The third-order valence-electron chi connectivity index (χ3n) is 6.49. The fraction of sp³-hybridized carbons (Fsp3) is 0.333. The van der Waals surface area contributed by atoms with Crippen LogP contribution in [-0.4, -0.2) is 54.0 Å². The van der Waals surface area contributed by atoms with Gasteiger partial charge in [-0.05, 0) is 58.8 Å². The van der Waals surface area contributed by atoms with E-state index in [9.17, 15) is 9.59 Å². The number of aromatic amines is 2. The topological polar surface area (TPSA) is 120 Å². The molecule has 0 spiro atoms. The van der Waals surface area contributed by atoms with Gasteiger partial charge in [0.15, 0.2) is 10.9 Å². The number of carbonyl (C=O) groups is 2. The number of carbonyl (C=O) groups excluding carboxylic acids is 2. The number of tetrazole rings is 1. The lowest BCUT2D eigenvalue weighted by Crippen LogP contribution is -2.54. The Morgan fingerprint density at radius 1 is 1.03 bits per heavy atom. The van der Waals surface area contributed by atoms with Gasteiger partial charge in [0.2, 0.25) is 0 Å². The van der Waals surface area contributed by atoms with Crippen LogP contribution in [0.2, 0.25) is 0 Å². The van der Waals surface area contributed by atoms with Gasteiger partial charge < -0.3 is 4.98 Å². The SMILES string of the molecule is O=C1NC(=S)N(CCC2CCCCC2)C(=O)/C1=C\c1ccc(-c2ccc(-c3nnn[nH]3)cc2)[nH]1. The summed E-state index contributed by atoms with van der Waals surface area (Å²) in [5, 5.41) is 16.7. The van der Waals surface area contributed by atoms with Crippen LogP contribution in [0.25, 0.3) is 28.7 Å². The Morgan fingerprint density at radius 3 is 2.53 bits per heavy atom. The van der Waals surface area contributed by atoms with Crippen molar-refractivity contribution in [2.75, 3.05) is 6.54 Å². The molecule has 3 N–H and O–H groups in total. The van der Waals surface area contributed by atoms with Gasteiger partial charge in [-0.2, -0.15) is 0 Å². The molecule has 9 nitrogen and oxygen atoms in total. The average molecular weight is 476 g/mol. The van der Waals surface area contributed by atoms with Crippen LogP contribution >= 0.6 is 12.2 Å². The van der Waals surface area contributed by atoms with Crippen molar-refractivity contribution in [1.29, 1.82) is 0 Å². The predicted molar refractivity (Wildman–Crippen MR) is 131 cm³/mol. The molecule has 174 valence electrons. The van der Waals surface area contributed by atoms with Crippen molar-refractivity contribution in [2.24, 2.45) is 5.92 Å². The number of nitrogens with zero attached hydrogens (tertiary/aromatic N) is 4. The van der Waals surface area contributed by atoms with Crippen LogP contribution in [0.4, 0.5) is 0 Å². The first-order valence-electron chi connectivity index (χ1n) is 11.5. The normalized spacial score (nSPS) is 18.5. The molecule has 34 heavy (non-hydrogen) atoms. The first kappa shape index (κ1) is 22.1. The molecule has 0 bridgehead atoms. The van der Waals surface area contributed by atoms with E-state index in [0.717, 1.165) is 23.2 Å². The third-order valence-corrected chi connectivity index (χ3v) is 6.82. The van der Waals surface area contributed by atoms with Gasteiger partial charge in [-0.15, -0.1) is 5.10 Å². The molecule has 2 aromatic heterocycles. The minimum atomic E-state index is -0.468. The largest absolute Gasteiger partial charge is 0.355 e. The van der Waals surface area contributed by atoms with Crippen molar-refractivity contribution in [3.05, 3.63) is 47.7 Å². The van der Waals surface area contributed by atoms with E-state index < -0.39 is 5.91 Å². The number of amides is 2. The lowest BCUT2D eigenvalue weighted by Gasteiger charge is -2.31. The Labute approximate surface area is 202 Å². The van der Waals surface area contributed by atoms with Crippen molar-refractivity contribution in [1.82, 2.24) is 35.8 Å². The molecule has 3 aromatic rings. The van der Waals surface area contributed by atoms with E-state index in [4.69, 9.17) is 12.2 Å². The van der Waals surface area contributed by atoms with E-state index in [1.54, 1.807) is 6.08 Å². The fourth-order valence-corrected chi connectivity index (χ4v) is 4.86. The maximum absolute atomic E-state index is 13.1. The van der Waals surface area contributed by atoms with Crippen molar-refractivity contribution < 1.29 is 9.59 Å². The zero-order valence-corrected chi connectivity index (χ0v) is 19.4. The van der Waals surface area contributed by atoms with E-state index in [2.05, 4.69) is 30.9 Å². The molecule has 0 radical (unpaired) electrons. The number of benzene rings is 1. The minimum absolute atomic E-state index is 0.0822. The molecule has 0 atom stereocenters. The number of hydrogen-bond donors (Lipinski definition) is 3. The number of rotatable bonds is 6. The maximum Gasteiger partial charge on any atom is 0.265 e. The fourth-order valence-electron chi connectivity index (χ4n) is 4.59. The van der Waals surface area contributed by atoms with Crippen molar-refractivity contribution in [3.8, 4) is 22.6 Å². The molecule has 3 heterocycles. The summed E-state index contributed by atoms with van der Waals surface area (Å²) in [4.78, 5) is 30.5. The summed E-state index contributed by atoms with van der Waals surface area (Å²) in [6.07, 6.45) is 8.69. The van der Waals surface area contributed by atoms with Crippen LogP contribution in [0.3, 0.4) is 0 Å². The van der Waals surface area contributed by atoms with Crippen LogP contribution in [0.15, 0.2) is 42.0 Å². The van der Waals surface area contributed by atoms with E-state index in [1.165, 1.54) is 37.0 Å². The monoisotopic (exact) mass is 475 g/mol. The number of hydrogen-bond acceptors (Lipinski definition) is 6. The zero-order chi connectivity index (χ0) is 23.5. The highest BCUT2D eigenvalue weighted by Gasteiger charge is 2.33. The molecule has 5 rings (SSSR count). The lowest BCUT2D eigenvalue weighted by molar-refractivity contribution is -0.129. The highest BCUT2D eigenvalue weighted by Crippen LogP contribution is 2.27. The quantitative estimate of drug-likeness (QED) is 0.285. The summed E-state index contributed by atoms with van der Waals surface area (Å²) in [6, 6.07) is 11.5. The summed E-state index contributed by atoms with van der Waals surface area (Å²) in [5.41, 5.74) is 3.44. The van der Waals surface area contributed by atoms with Crippen LogP contribution in [0.1, 0.15) is 44.2 Å². The summed E-state index contributed by atoms with van der Waals surface area (Å²) in [7, 11) is 0. The molecule has 1 aromatic carbocycles. The van der Waals surface area contributed by atoms with Gasteiger partial charge in [-0.3, -0.25) is 19.8 Å². The predicted octanol–water partition coefficient (Wildman–Crippen LogP) is 3.46. The van der Waals surface area contributed by atoms with Crippen LogP contribution in [0, 0.1) is 5.92 Å². The van der Waals surface area contributed by atoms with Gasteiger partial charge in [0, 0.05) is 23.5 Å². The number of aromatic nitrogens is 5. The summed E-state index contributed by atoms with van der Waals surface area (Å²) >= 11 is 5.30. The van der Waals surface area contributed by atoms with Crippen molar-refractivity contribution in [3.63, 3.8) is 0 Å². The molecule has 1 aliphatic carbocycles. The second-order valence-electron chi connectivity index (χ2n) is 8.72. The standard InChI is InChI=1S/C24H25N7O2S/c32-22-19(23(33)31(24(34)26-22)13-12-15-4-2-1-3-5-15)14-18-10-11-20(25-18)16-6-8-17(9-7-16)21-27-29-30-28-21/h6-11,14-15,25H,1-5,12-13H2,(H,26,32,34)(H,27,28,29,30)/b19-14-. The molecule has 2 amide bonds. The number of nitrogens with one attached hydrogen (secondary N) is 3. The van der Waals surface area contributed by atoms with E-state index >= 15 is 0 Å². The molecule has 2 fully saturated rings. The molecule has 1 saturated carbocycles. The molecule has 10 heteroatoms. The third kappa shape index (κ3) is 4.67. The summed E-state index contributed by atoms with van der Waals surface area (Å²) < 4.78 is 0. The van der Waals surface area contributed by atoms with Gasteiger partial charge in [-0.1, -0.05) is 56.4 Å². The minimum Gasteiger partial charge on any atom is -0.355 e. The summed E-state index contributed by atoms with van der Waals surface area (Å²) in [5.74, 6) is 0.402. The maximum atomic E-state index is 13.1. The second-order valence-corrected chi connectivity index (χ2v) is 9.11. The average Bonchev–Trinajstić information content (AvgIpc) is 3.55. The summed E-state index contributed by atoms with van der Waals surface area (Å²) in [6.45, 7) is 0.531. The van der Waals surface area contributed by atoms with E-state index in [1.807, 2.05) is 36.4 Å². The van der Waals surface area contributed by atoms with Gasteiger partial charge >= 0.3 is 0 Å². The molecule has 2 aliphatic rings. The Hall–Kier alpha value is -3.66. The Kier molecular flexibility index (Phi) is 6.31. The molecular weight excluding hydrogens is 450 g/mol. The Bertz CT molecular complexity index is 1220.